The summed E-state index contributed by atoms with van der Waals surface area (Å²) in [6, 6.07) is 2.96. The van der Waals surface area contributed by atoms with Crippen LogP contribution in [0.15, 0.2) is 12.1 Å². The molecule has 0 saturated heterocycles. The van der Waals surface area contributed by atoms with Crippen molar-refractivity contribution in [3.63, 3.8) is 0 Å². The molecule has 138 valence electrons. The van der Waals surface area contributed by atoms with Gasteiger partial charge in [0, 0.05) is 11.1 Å². The number of fused-ring (bicyclic) bond motifs is 2. The van der Waals surface area contributed by atoms with Crippen LogP contribution in [0, 0.1) is 0 Å². The van der Waals surface area contributed by atoms with E-state index >= 15 is 0 Å². The zero-order chi connectivity index (χ0) is 16.3. The molecule has 24 heavy (non-hydrogen) atoms. The highest BCUT2D eigenvalue weighted by atomic mass is 16.6. The fourth-order valence-electron chi connectivity index (χ4n) is 2.10. The molecule has 0 unspecified atom stereocenters. The van der Waals surface area contributed by atoms with Gasteiger partial charge >= 0.3 is 0 Å². The lowest BCUT2D eigenvalue weighted by atomic mass is 10.1. The van der Waals surface area contributed by atoms with E-state index in [-0.39, 0.29) is 30.2 Å². The lowest BCUT2D eigenvalue weighted by Crippen LogP contribution is -2.13. The van der Waals surface area contributed by atoms with Gasteiger partial charge in [-0.2, -0.15) is 0 Å². The highest BCUT2D eigenvalue weighted by Crippen LogP contribution is 2.29. The minimum Gasteiger partial charge on any atom is -0.508 e. The van der Waals surface area contributed by atoms with Crippen LogP contribution in [-0.2, 0) is 36.9 Å². The Morgan fingerprint density at radius 1 is 0.583 bits per heavy atom. The fourth-order valence-corrected chi connectivity index (χ4v) is 2.10. The van der Waals surface area contributed by atoms with Crippen molar-refractivity contribution in [1.29, 1.82) is 0 Å². The van der Waals surface area contributed by atoms with Crippen LogP contribution in [0.2, 0.25) is 0 Å². The van der Waals surface area contributed by atoms with Gasteiger partial charge in [-0.3, -0.25) is 0 Å². The van der Waals surface area contributed by atoms with Crippen molar-refractivity contribution in [3.8, 4) is 11.5 Å². The van der Waals surface area contributed by atoms with Gasteiger partial charge in [0.2, 0.25) is 0 Å². The Bertz CT molecular complexity index is 428. The topological polar surface area (TPSA) is 118 Å². The van der Waals surface area contributed by atoms with Crippen molar-refractivity contribution >= 4 is 0 Å². The summed E-state index contributed by atoms with van der Waals surface area (Å²) in [5.41, 5.74) is 1.04. The van der Waals surface area contributed by atoms with Gasteiger partial charge in [0.05, 0.1) is 66.1 Å². The van der Waals surface area contributed by atoms with Crippen molar-refractivity contribution in [3.05, 3.63) is 23.3 Å². The van der Waals surface area contributed by atoms with E-state index in [2.05, 4.69) is 0 Å². The van der Waals surface area contributed by atoms with E-state index < -0.39 is 0 Å². The summed E-state index contributed by atoms with van der Waals surface area (Å²) in [7, 11) is 0. The number of phenols is 2. The molecule has 0 fully saturated rings. The maximum absolute atomic E-state index is 10.2. The van der Waals surface area contributed by atoms with E-state index in [1.165, 1.54) is 12.1 Å². The maximum atomic E-state index is 10.2. The van der Waals surface area contributed by atoms with Gasteiger partial charge in [0.25, 0.3) is 0 Å². The molecule has 8 heteroatoms. The summed E-state index contributed by atoms with van der Waals surface area (Å²) in [4.78, 5) is 0. The van der Waals surface area contributed by atoms with Gasteiger partial charge in [-0.25, -0.2) is 0 Å². The second-order valence-electron chi connectivity index (χ2n) is 5.05. The molecule has 4 N–H and O–H groups in total. The zero-order valence-electron chi connectivity index (χ0n) is 13.7. The van der Waals surface area contributed by atoms with Crippen LogP contribution in [0.3, 0.4) is 0 Å². The van der Waals surface area contributed by atoms with Gasteiger partial charge in [0.1, 0.15) is 11.5 Å². The summed E-state index contributed by atoms with van der Waals surface area (Å²) in [5.74, 6) is 0.151. The van der Waals surface area contributed by atoms with Crippen molar-refractivity contribution in [2.75, 3.05) is 52.9 Å². The fraction of sp³-hybridized carbons (Fsp3) is 0.625. The van der Waals surface area contributed by atoms with Crippen LogP contribution in [0.1, 0.15) is 11.1 Å². The molecule has 1 aliphatic rings. The number of ether oxygens (including phenoxy) is 5. The number of rotatable bonds is 0. The van der Waals surface area contributed by atoms with Crippen LogP contribution >= 0.6 is 0 Å². The first-order valence-corrected chi connectivity index (χ1v) is 7.70. The zero-order valence-corrected chi connectivity index (χ0v) is 13.7. The summed E-state index contributed by atoms with van der Waals surface area (Å²) < 4.78 is 27.0. The number of hydrogen-bond donors (Lipinski definition) is 2. The largest absolute Gasteiger partial charge is 0.508 e. The smallest absolute Gasteiger partial charge is 0.126 e. The lowest BCUT2D eigenvalue weighted by molar-refractivity contribution is -0.0148. The number of phenolic OH excluding ortho intramolecular Hbond substituents is 2. The highest BCUT2D eigenvalue weighted by molar-refractivity contribution is 5.45. The molecule has 1 aliphatic heterocycles. The van der Waals surface area contributed by atoms with E-state index in [1.54, 1.807) is 0 Å². The van der Waals surface area contributed by atoms with E-state index in [0.29, 0.717) is 64.0 Å². The minimum absolute atomic E-state index is 0. The second kappa shape index (κ2) is 12.0. The summed E-state index contributed by atoms with van der Waals surface area (Å²) in [6.45, 7) is 4.06. The molecule has 1 aromatic rings. The molecule has 1 aromatic carbocycles. The van der Waals surface area contributed by atoms with Crippen molar-refractivity contribution in [2.24, 2.45) is 0 Å². The first-order chi connectivity index (χ1) is 11.3. The molecule has 1 heterocycles. The van der Waals surface area contributed by atoms with Crippen LogP contribution in [0.25, 0.3) is 0 Å². The van der Waals surface area contributed by atoms with Gasteiger partial charge < -0.3 is 39.4 Å². The third kappa shape index (κ3) is 7.43. The molecule has 0 saturated carbocycles. The van der Waals surface area contributed by atoms with E-state index in [4.69, 9.17) is 23.7 Å². The Balaban J connectivity index is 0.00000288. The molecule has 2 rings (SSSR count). The third-order valence-corrected chi connectivity index (χ3v) is 3.26. The number of hydrogen-bond acceptors (Lipinski definition) is 7. The minimum atomic E-state index is 0. The average molecular weight is 346 g/mol. The van der Waals surface area contributed by atoms with Crippen LogP contribution in [-0.4, -0.2) is 68.5 Å². The van der Waals surface area contributed by atoms with Gasteiger partial charge in [-0.1, -0.05) is 0 Å². The first-order valence-electron chi connectivity index (χ1n) is 7.70. The summed E-state index contributed by atoms with van der Waals surface area (Å²) in [6.07, 6.45) is 0. The van der Waals surface area contributed by atoms with Gasteiger partial charge in [-0.05, 0) is 12.1 Å². The normalized spacial score (nSPS) is 18.8. The van der Waals surface area contributed by atoms with Crippen LogP contribution in [0.5, 0.6) is 11.5 Å². The highest BCUT2D eigenvalue weighted by Gasteiger charge is 2.10. The van der Waals surface area contributed by atoms with Crippen molar-refractivity contribution < 1.29 is 39.4 Å². The Kier molecular flexibility index (Phi) is 10.3. The van der Waals surface area contributed by atoms with E-state index in [1.807, 2.05) is 0 Å². The molecule has 0 aliphatic carbocycles. The Morgan fingerprint density at radius 3 is 1.29 bits per heavy atom. The molecule has 0 radical (unpaired) electrons. The van der Waals surface area contributed by atoms with Crippen LogP contribution in [0.4, 0.5) is 0 Å². The number of aromatic hydroxyl groups is 2. The van der Waals surface area contributed by atoms with Crippen molar-refractivity contribution in [2.45, 2.75) is 13.2 Å². The molecule has 0 spiro atoms. The van der Waals surface area contributed by atoms with Gasteiger partial charge in [0.15, 0.2) is 0 Å². The quantitative estimate of drug-likeness (QED) is 0.652. The molecule has 0 aromatic heterocycles. The second-order valence-corrected chi connectivity index (χ2v) is 5.05. The van der Waals surface area contributed by atoms with E-state index in [0.717, 1.165) is 0 Å². The Labute approximate surface area is 141 Å². The Hall–Kier alpha value is -1.42. The molecule has 2 bridgehead atoms. The van der Waals surface area contributed by atoms with Gasteiger partial charge in [-0.15, -0.1) is 0 Å². The lowest BCUT2D eigenvalue weighted by Gasteiger charge is -2.13. The Morgan fingerprint density at radius 2 is 0.917 bits per heavy atom. The first kappa shape index (κ1) is 20.6. The maximum Gasteiger partial charge on any atom is 0.126 e. The monoisotopic (exact) mass is 346 g/mol. The predicted molar refractivity (Wildman–Crippen MR) is 85.2 cm³/mol. The molecular weight excluding hydrogens is 320 g/mol. The SMILES string of the molecule is O.Oc1cc2c(O)c(c1)COCCOCCOCCOCCOC2. The van der Waals surface area contributed by atoms with Crippen LogP contribution < -0.4 is 0 Å². The predicted octanol–water partition coefficient (Wildman–Crippen LogP) is 0.370. The summed E-state index contributed by atoms with van der Waals surface area (Å²) >= 11 is 0. The van der Waals surface area contributed by atoms with E-state index in [9.17, 15) is 10.2 Å². The standard InChI is InChI=1S/C16H24O7.H2O/c17-15-9-13-11-22-7-5-20-3-1-19-2-4-21-6-8-23-12-14(10-15)16(13)18;/h9-10,17-18H,1-8,11-12H2;1H2. The molecule has 8 nitrogen and oxygen atoms in total. The van der Waals surface area contributed by atoms with Crippen molar-refractivity contribution in [1.82, 2.24) is 0 Å². The number of benzene rings is 1. The third-order valence-electron chi connectivity index (χ3n) is 3.26. The summed E-state index contributed by atoms with van der Waals surface area (Å²) in [5, 5.41) is 20.0. The molecule has 0 amide bonds. The average Bonchev–Trinajstić information content (AvgIpc) is 2.53. The molecular formula is C16H26O8. The molecule has 0 atom stereocenters.